The van der Waals surface area contributed by atoms with Gasteiger partial charge in [-0.1, -0.05) is 42.5 Å². The van der Waals surface area contributed by atoms with Crippen molar-refractivity contribution in [2.45, 2.75) is 25.8 Å². The zero-order chi connectivity index (χ0) is 20.4. The molecule has 0 heterocycles. The number of para-hydroxylation sites is 2. The van der Waals surface area contributed by atoms with Crippen molar-refractivity contribution in [3.05, 3.63) is 70.3 Å². The van der Waals surface area contributed by atoms with Crippen LogP contribution in [0.2, 0.25) is 0 Å². The van der Waals surface area contributed by atoms with Gasteiger partial charge in [-0.05, 0) is 25.0 Å². The lowest BCUT2D eigenvalue weighted by molar-refractivity contribution is -0.384. The van der Waals surface area contributed by atoms with Gasteiger partial charge in [-0.3, -0.25) is 19.7 Å². The van der Waals surface area contributed by atoms with E-state index in [0.29, 0.717) is 18.7 Å². The molecule has 2 aromatic rings. The lowest BCUT2D eigenvalue weighted by Gasteiger charge is -2.14. The Hall–Kier alpha value is -3.42. The third-order valence-electron chi connectivity index (χ3n) is 4.02. The van der Waals surface area contributed by atoms with Crippen LogP contribution in [0.1, 0.15) is 31.4 Å². The molecular formula is C20H23N3O5. The molecule has 8 heteroatoms. The minimum absolute atomic E-state index is 0.0192. The van der Waals surface area contributed by atoms with Crippen LogP contribution in [-0.4, -0.2) is 30.0 Å². The molecule has 2 N–H and O–H groups in total. The lowest BCUT2D eigenvalue weighted by atomic mass is 10.1. The summed E-state index contributed by atoms with van der Waals surface area (Å²) in [6.45, 7) is 1.88. The maximum Gasteiger partial charge on any atom is 0.306 e. The van der Waals surface area contributed by atoms with E-state index in [1.165, 1.54) is 6.07 Å². The Morgan fingerprint density at radius 3 is 2.50 bits per heavy atom. The predicted molar refractivity (Wildman–Crippen MR) is 105 cm³/mol. The van der Waals surface area contributed by atoms with E-state index in [9.17, 15) is 19.7 Å². The zero-order valence-electron chi connectivity index (χ0n) is 15.6. The summed E-state index contributed by atoms with van der Waals surface area (Å²) < 4.78 is 4.97. The second-order valence-electron chi connectivity index (χ2n) is 6.17. The highest BCUT2D eigenvalue weighted by molar-refractivity contribution is 5.80. The molecule has 0 unspecified atom stereocenters. The second kappa shape index (κ2) is 10.7. The van der Waals surface area contributed by atoms with Crippen molar-refractivity contribution in [2.75, 3.05) is 18.5 Å². The minimum atomic E-state index is -0.494. The third kappa shape index (κ3) is 6.71. The summed E-state index contributed by atoms with van der Waals surface area (Å²) in [5.74, 6) is -0.866. The van der Waals surface area contributed by atoms with Crippen LogP contribution in [0.25, 0.3) is 0 Å². The van der Waals surface area contributed by atoms with Gasteiger partial charge in [0.2, 0.25) is 0 Å². The molecule has 0 aromatic heterocycles. The Morgan fingerprint density at radius 1 is 1.11 bits per heavy atom. The molecule has 0 radical (unpaired) electrons. The van der Waals surface area contributed by atoms with Crippen molar-refractivity contribution >= 4 is 23.3 Å². The molecule has 1 amide bonds. The number of carbonyl (C=O) groups excluding carboxylic acids is 2. The van der Waals surface area contributed by atoms with Gasteiger partial charge < -0.3 is 15.4 Å². The third-order valence-corrected chi connectivity index (χ3v) is 4.02. The monoisotopic (exact) mass is 385 g/mol. The van der Waals surface area contributed by atoms with Crippen molar-refractivity contribution in [1.29, 1.82) is 0 Å². The largest absolute Gasteiger partial charge is 0.456 e. The van der Waals surface area contributed by atoms with Crippen molar-refractivity contribution in [3.8, 4) is 0 Å². The molecule has 0 fully saturated rings. The van der Waals surface area contributed by atoms with Gasteiger partial charge in [-0.2, -0.15) is 0 Å². The molecule has 0 aliphatic carbocycles. The van der Waals surface area contributed by atoms with Gasteiger partial charge in [0.25, 0.3) is 11.6 Å². The first kappa shape index (κ1) is 20.9. The summed E-state index contributed by atoms with van der Waals surface area (Å²) in [4.78, 5) is 34.1. The quantitative estimate of drug-likeness (QED) is 0.281. The van der Waals surface area contributed by atoms with E-state index in [1.54, 1.807) is 18.2 Å². The number of carbonyl (C=O) groups is 2. The second-order valence-corrected chi connectivity index (χ2v) is 6.17. The molecular weight excluding hydrogens is 362 g/mol. The first-order chi connectivity index (χ1) is 13.5. The van der Waals surface area contributed by atoms with Crippen LogP contribution in [0, 0.1) is 10.1 Å². The zero-order valence-corrected chi connectivity index (χ0v) is 15.6. The summed E-state index contributed by atoms with van der Waals surface area (Å²) in [7, 11) is 0. The first-order valence-electron chi connectivity index (χ1n) is 8.94. The van der Waals surface area contributed by atoms with Crippen molar-refractivity contribution < 1.29 is 19.2 Å². The predicted octanol–water partition coefficient (Wildman–Crippen LogP) is 3.21. The summed E-state index contributed by atoms with van der Waals surface area (Å²) in [6.07, 6.45) is 0.530. The summed E-state index contributed by atoms with van der Waals surface area (Å²) in [5, 5.41) is 16.6. The highest BCUT2D eigenvalue weighted by Gasteiger charge is 2.13. The highest BCUT2D eigenvalue weighted by atomic mass is 16.6. The molecule has 0 aliphatic heterocycles. The number of hydrogen-bond donors (Lipinski definition) is 2. The highest BCUT2D eigenvalue weighted by Crippen LogP contribution is 2.22. The van der Waals surface area contributed by atoms with Crippen LogP contribution in [-0.2, 0) is 14.3 Å². The fourth-order valence-corrected chi connectivity index (χ4v) is 2.56. The Bertz CT molecular complexity index is 810. The molecule has 0 spiro atoms. The van der Waals surface area contributed by atoms with E-state index in [-0.39, 0.29) is 30.7 Å². The normalized spacial score (nSPS) is 11.3. The van der Waals surface area contributed by atoms with Crippen molar-refractivity contribution in [1.82, 2.24) is 5.32 Å². The topological polar surface area (TPSA) is 111 Å². The van der Waals surface area contributed by atoms with E-state index >= 15 is 0 Å². The van der Waals surface area contributed by atoms with Gasteiger partial charge in [0, 0.05) is 19.0 Å². The van der Waals surface area contributed by atoms with Gasteiger partial charge in [-0.25, -0.2) is 0 Å². The Morgan fingerprint density at radius 2 is 1.79 bits per heavy atom. The first-order valence-corrected chi connectivity index (χ1v) is 8.94. The number of hydrogen-bond acceptors (Lipinski definition) is 6. The van der Waals surface area contributed by atoms with Gasteiger partial charge in [0.1, 0.15) is 5.69 Å². The van der Waals surface area contributed by atoms with E-state index in [2.05, 4.69) is 10.6 Å². The van der Waals surface area contributed by atoms with Gasteiger partial charge >= 0.3 is 5.97 Å². The average molecular weight is 385 g/mol. The van der Waals surface area contributed by atoms with E-state index in [0.717, 1.165) is 5.56 Å². The Balaban J connectivity index is 1.65. The van der Waals surface area contributed by atoms with Crippen LogP contribution in [0.3, 0.4) is 0 Å². The van der Waals surface area contributed by atoms with Gasteiger partial charge in [-0.15, -0.1) is 0 Å². The number of amides is 1. The molecule has 8 nitrogen and oxygen atoms in total. The fourth-order valence-electron chi connectivity index (χ4n) is 2.56. The number of nitrogens with zero attached hydrogens (tertiary/aromatic N) is 1. The molecule has 2 rings (SSSR count). The molecule has 148 valence electrons. The van der Waals surface area contributed by atoms with Crippen LogP contribution >= 0.6 is 0 Å². The summed E-state index contributed by atoms with van der Waals surface area (Å²) in [6, 6.07) is 15.6. The minimum Gasteiger partial charge on any atom is -0.456 e. The van der Waals surface area contributed by atoms with Gasteiger partial charge in [0.15, 0.2) is 6.61 Å². The number of ether oxygens (including phenoxy) is 1. The fraction of sp³-hybridized carbons (Fsp3) is 0.300. The molecule has 28 heavy (non-hydrogen) atoms. The van der Waals surface area contributed by atoms with E-state index in [4.69, 9.17) is 4.74 Å². The van der Waals surface area contributed by atoms with Crippen LogP contribution in [0.15, 0.2) is 54.6 Å². The number of nitro groups is 1. The number of rotatable bonds is 10. The molecule has 0 aliphatic rings. The van der Waals surface area contributed by atoms with Crippen molar-refractivity contribution in [3.63, 3.8) is 0 Å². The number of benzene rings is 2. The maximum atomic E-state index is 11.9. The molecule has 0 saturated heterocycles. The molecule has 1 atom stereocenters. The number of nitro benzene ring substituents is 1. The molecule has 0 saturated carbocycles. The Kier molecular flexibility index (Phi) is 7.95. The smallest absolute Gasteiger partial charge is 0.306 e. The number of anilines is 1. The summed E-state index contributed by atoms with van der Waals surface area (Å²) >= 11 is 0. The molecule has 0 bridgehead atoms. The van der Waals surface area contributed by atoms with E-state index < -0.39 is 10.9 Å². The van der Waals surface area contributed by atoms with Crippen LogP contribution < -0.4 is 10.6 Å². The summed E-state index contributed by atoms with van der Waals surface area (Å²) in [5.41, 5.74) is 1.34. The van der Waals surface area contributed by atoms with Gasteiger partial charge in [0.05, 0.1) is 11.0 Å². The standard InChI is InChI=1S/C20H23N3O5/c1-15(16-8-3-2-4-9-16)22-19(24)14-28-20(25)12-7-13-21-17-10-5-6-11-18(17)23(26)27/h2-6,8-11,15,21H,7,12-14H2,1H3,(H,22,24)/t15-/m1/s1. The average Bonchev–Trinajstić information content (AvgIpc) is 2.70. The Labute approximate surface area is 163 Å². The van der Waals surface area contributed by atoms with Crippen LogP contribution in [0.5, 0.6) is 0 Å². The maximum absolute atomic E-state index is 11.9. The lowest BCUT2D eigenvalue weighted by Crippen LogP contribution is -2.31. The van der Waals surface area contributed by atoms with Crippen molar-refractivity contribution in [2.24, 2.45) is 0 Å². The van der Waals surface area contributed by atoms with E-state index in [1.807, 2.05) is 37.3 Å². The number of esters is 1. The SMILES string of the molecule is C[C@@H](NC(=O)COC(=O)CCCNc1ccccc1[N+](=O)[O-])c1ccccc1. The molecule has 2 aromatic carbocycles. The van der Waals surface area contributed by atoms with Crippen LogP contribution in [0.4, 0.5) is 11.4 Å². The number of nitrogens with one attached hydrogen (secondary N) is 2.